The molecule has 1 aliphatic rings. The molecule has 2 rings (SSSR count). The van der Waals surface area contributed by atoms with Crippen molar-refractivity contribution < 1.29 is 19.5 Å². The summed E-state index contributed by atoms with van der Waals surface area (Å²) >= 11 is 5.47. The van der Waals surface area contributed by atoms with E-state index >= 15 is 0 Å². The lowest BCUT2D eigenvalue weighted by Gasteiger charge is -2.07. The highest BCUT2D eigenvalue weighted by Crippen LogP contribution is 2.33. The van der Waals surface area contributed by atoms with Gasteiger partial charge in [-0.2, -0.15) is 0 Å². The Bertz CT molecular complexity index is 566. The van der Waals surface area contributed by atoms with Crippen LogP contribution in [0.25, 0.3) is 6.08 Å². The van der Waals surface area contributed by atoms with Crippen molar-refractivity contribution in [1.82, 2.24) is 4.90 Å². The summed E-state index contributed by atoms with van der Waals surface area (Å²) in [7, 11) is 0. The Kier molecular flexibility index (Phi) is 3.88. The summed E-state index contributed by atoms with van der Waals surface area (Å²) in [5.41, 5.74) is 0. The monoisotopic (exact) mass is 347 g/mol. The number of aliphatic carboxylic acids is 1. The molecule has 1 aliphatic heterocycles. The highest BCUT2D eigenvalue weighted by molar-refractivity contribution is 9.11. The topological polar surface area (TPSA) is 74.7 Å². The molecule has 18 heavy (non-hydrogen) atoms. The van der Waals surface area contributed by atoms with E-state index in [1.165, 1.54) is 11.3 Å². The Hall–Kier alpha value is -1.12. The molecule has 1 saturated heterocycles. The van der Waals surface area contributed by atoms with Crippen LogP contribution < -0.4 is 0 Å². The van der Waals surface area contributed by atoms with E-state index < -0.39 is 23.7 Å². The van der Waals surface area contributed by atoms with Gasteiger partial charge in [0, 0.05) is 4.88 Å². The molecular formula is C10H6BrNO4S2. The Morgan fingerprint density at radius 2 is 2.17 bits per heavy atom. The van der Waals surface area contributed by atoms with Gasteiger partial charge in [0.15, 0.2) is 0 Å². The SMILES string of the molecule is O=C(O)CN1C(=O)S/C(=C/c2ccc(Br)s2)C1=O. The number of carbonyl (C=O) groups is 3. The molecule has 1 aromatic heterocycles. The van der Waals surface area contributed by atoms with E-state index in [1.807, 2.05) is 6.07 Å². The molecule has 0 bridgehead atoms. The molecule has 1 fully saturated rings. The van der Waals surface area contributed by atoms with Crippen molar-refractivity contribution in [3.05, 3.63) is 25.7 Å². The van der Waals surface area contributed by atoms with Crippen molar-refractivity contribution in [3.63, 3.8) is 0 Å². The number of rotatable bonds is 3. The number of thioether (sulfide) groups is 1. The lowest BCUT2D eigenvalue weighted by molar-refractivity contribution is -0.140. The van der Waals surface area contributed by atoms with Gasteiger partial charge in [0.25, 0.3) is 11.1 Å². The molecule has 5 nitrogen and oxygen atoms in total. The average Bonchev–Trinajstić information content (AvgIpc) is 2.78. The van der Waals surface area contributed by atoms with Crippen molar-refractivity contribution in [1.29, 1.82) is 0 Å². The molecule has 0 aliphatic carbocycles. The number of carboxylic acids is 1. The fraction of sp³-hybridized carbons (Fsp3) is 0.100. The van der Waals surface area contributed by atoms with E-state index in [0.29, 0.717) is 0 Å². The van der Waals surface area contributed by atoms with Crippen LogP contribution >= 0.6 is 39.0 Å². The van der Waals surface area contributed by atoms with E-state index in [4.69, 9.17) is 5.11 Å². The van der Waals surface area contributed by atoms with E-state index in [1.54, 1.807) is 12.1 Å². The second kappa shape index (κ2) is 5.25. The van der Waals surface area contributed by atoms with Gasteiger partial charge in [0.1, 0.15) is 6.54 Å². The van der Waals surface area contributed by atoms with Crippen LogP contribution in [0.3, 0.4) is 0 Å². The molecule has 0 atom stereocenters. The predicted octanol–water partition coefficient (Wildman–Crippen LogP) is 2.63. The molecule has 0 radical (unpaired) electrons. The van der Waals surface area contributed by atoms with Gasteiger partial charge in [-0.3, -0.25) is 19.3 Å². The zero-order chi connectivity index (χ0) is 13.3. The van der Waals surface area contributed by atoms with Crippen molar-refractivity contribution >= 4 is 62.2 Å². The number of hydrogen-bond donors (Lipinski definition) is 1. The Morgan fingerprint density at radius 3 is 2.72 bits per heavy atom. The third-order valence-electron chi connectivity index (χ3n) is 2.03. The van der Waals surface area contributed by atoms with Gasteiger partial charge in [0.05, 0.1) is 8.69 Å². The number of halogens is 1. The summed E-state index contributed by atoms with van der Waals surface area (Å²) < 4.78 is 0.915. The van der Waals surface area contributed by atoms with Crippen molar-refractivity contribution in [3.8, 4) is 0 Å². The molecule has 2 heterocycles. The standard InChI is InChI=1S/C10H6BrNO4S2/c11-7-2-1-5(17-7)3-6-9(15)12(4-8(13)14)10(16)18-6/h1-3H,4H2,(H,13,14)/b6-3+. The van der Waals surface area contributed by atoms with E-state index in [-0.39, 0.29) is 4.91 Å². The van der Waals surface area contributed by atoms with E-state index in [0.717, 1.165) is 25.3 Å². The smallest absolute Gasteiger partial charge is 0.323 e. The van der Waals surface area contributed by atoms with Crippen LogP contribution in [0.1, 0.15) is 4.88 Å². The first kappa shape index (κ1) is 13.3. The molecule has 0 spiro atoms. The molecule has 0 unspecified atom stereocenters. The molecular weight excluding hydrogens is 342 g/mol. The fourth-order valence-electron chi connectivity index (χ4n) is 1.31. The minimum atomic E-state index is -1.21. The van der Waals surface area contributed by atoms with E-state index in [9.17, 15) is 14.4 Å². The van der Waals surface area contributed by atoms with Crippen LogP contribution in [0.5, 0.6) is 0 Å². The van der Waals surface area contributed by atoms with Crippen LogP contribution in [0.2, 0.25) is 0 Å². The van der Waals surface area contributed by atoms with Gasteiger partial charge in [-0.25, -0.2) is 0 Å². The summed E-state index contributed by atoms with van der Waals surface area (Å²) in [5, 5.41) is 8.06. The summed E-state index contributed by atoms with van der Waals surface area (Å²) in [6, 6.07) is 3.64. The van der Waals surface area contributed by atoms with E-state index in [2.05, 4.69) is 15.9 Å². The highest BCUT2D eigenvalue weighted by atomic mass is 79.9. The first-order valence-corrected chi connectivity index (χ1v) is 7.12. The van der Waals surface area contributed by atoms with Gasteiger partial charge < -0.3 is 5.11 Å². The summed E-state index contributed by atoms with van der Waals surface area (Å²) in [6.07, 6.45) is 1.59. The minimum absolute atomic E-state index is 0.246. The molecule has 0 aromatic carbocycles. The zero-order valence-electron chi connectivity index (χ0n) is 8.75. The van der Waals surface area contributed by atoms with Crippen LogP contribution in [-0.2, 0) is 9.59 Å². The number of nitrogens with zero attached hydrogens (tertiary/aromatic N) is 1. The van der Waals surface area contributed by atoms with Crippen molar-refractivity contribution in [2.45, 2.75) is 0 Å². The normalized spacial score (nSPS) is 17.8. The second-order valence-corrected chi connectivity index (χ2v) is 6.79. The lowest BCUT2D eigenvalue weighted by atomic mass is 10.3. The van der Waals surface area contributed by atoms with Gasteiger partial charge in [-0.1, -0.05) is 0 Å². The maximum atomic E-state index is 11.8. The van der Waals surface area contributed by atoms with Crippen LogP contribution in [-0.4, -0.2) is 33.7 Å². The Morgan fingerprint density at radius 1 is 1.44 bits per heavy atom. The Balaban J connectivity index is 2.22. The quantitative estimate of drug-likeness (QED) is 0.850. The largest absolute Gasteiger partial charge is 0.480 e. The predicted molar refractivity (Wildman–Crippen MR) is 72.3 cm³/mol. The molecule has 1 N–H and O–H groups in total. The molecule has 8 heteroatoms. The van der Waals surface area contributed by atoms with Gasteiger partial charge in [-0.15, -0.1) is 11.3 Å². The maximum absolute atomic E-state index is 11.8. The molecule has 1 aromatic rings. The molecule has 94 valence electrons. The fourth-order valence-corrected chi connectivity index (χ4v) is 3.58. The van der Waals surface area contributed by atoms with Crippen molar-refractivity contribution in [2.75, 3.05) is 6.54 Å². The first-order valence-electron chi connectivity index (χ1n) is 4.70. The number of imide groups is 1. The molecule has 2 amide bonds. The number of hydrogen-bond acceptors (Lipinski definition) is 5. The summed E-state index contributed by atoms with van der Waals surface area (Å²) in [4.78, 5) is 35.6. The number of carboxylic acid groups (broad SMARTS) is 1. The zero-order valence-corrected chi connectivity index (χ0v) is 12.0. The second-order valence-electron chi connectivity index (χ2n) is 3.30. The van der Waals surface area contributed by atoms with Crippen LogP contribution in [0.15, 0.2) is 20.8 Å². The first-order chi connectivity index (χ1) is 8.47. The van der Waals surface area contributed by atoms with Gasteiger partial charge in [0.2, 0.25) is 0 Å². The van der Waals surface area contributed by atoms with Crippen LogP contribution in [0.4, 0.5) is 4.79 Å². The Labute approximate surface area is 119 Å². The third-order valence-corrected chi connectivity index (χ3v) is 4.51. The highest BCUT2D eigenvalue weighted by Gasteiger charge is 2.36. The van der Waals surface area contributed by atoms with Crippen molar-refractivity contribution in [2.24, 2.45) is 0 Å². The number of thiophene rings is 1. The number of carbonyl (C=O) groups excluding carboxylic acids is 2. The summed E-state index contributed by atoms with van der Waals surface area (Å²) in [5.74, 6) is -1.77. The van der Waals surface area contributed by atoms with Gasteiger partial charge in [-0.05, 0) is 45.9 Å². The maximum Gasteiger partial charge on any atom is 0.323 e. The third kappa shape index (κ3) is 2.82. The van der Waals surface area contributed by atoms with Crippen LogP contribution in [0, 0.1) is 0 Å². The molecule has 0 saturated carbocycles. The average molecular weight is 348 g/mol. The minimum Gasteiger partial charge on any atom is -0.480 e. The van der Waals surface area contributed by atoms with Gasteiger partial charge >= 0.3 is 5.97 Å². The lowest BCUT2D eigenvalue weighted by Crippen LogP contribution is -2.33. The number of amides is 2. The summed E-state index contributed by atoms with van der Waals surface area (Å²) in [6.45, 7) is -0.601.